The molecule has 0 atom stereocenters. The highest BCUT2D eigenvalue weighted by Crippen LogP contribution is 2.27. The molecule has 39 heavy (non-hydrogen) atoms. The Kier molecular flexibility index (Phi) is 7.88. The molecule has 0 unspecified atom stereocenters. The highest BCUT2D eigenvalue weighted by Gasteiger charge is 2.25. The molecule has 0 spiro atoms. The number of hydrogen-bond acceptors (Lipinski definition) is 8. The van der Waals surface area contributed by atoms with Crippen molar-refractivity contribution in [2.75, 3.05) is 31.1 Å². The van der Waals surface area contributed by atoms with E-state index in [2.05, 4.69) is 9.27 Å². The number of aromatic nitrogens is 2. The average Bonchev–Trinajstić information content (AvgIpc) is 3.25. The summed E-state index contributed by atoms with van der Waals surface area (Å²) in [5.74, 6) is 1.54. The van der Waals surface area contributed by atoms with Crippen molar-refractivity contribution >= 4 is 28.4 Å². The van der Waals surface area contributed by atoms with Crippen LogP contribution in [0.25, 0.3) is 0 Å². The van der Waals surface area contributed by atoms with Gasteiger partial charge < -0.3 is 19.6 Å². The quantitative estimate of drug-likeness (QED) is 0.309. The van der Waals surface area contributed by atoms with Crippen molar-refractivity contribution in [1.29, 1.82) is 0 Å². The lowest BCUT2D eigenvalue weighted by Gasteiger charge is -2.22. The Morgan fingerprint density at radius 2 is 1.62 bits per heavy atom. The fourth-order valence-electron chi connectivity index (χ4n) is 4.53. The highest BCUT2D eigenvalue weighted by atomic mass is 32.1. The topological polar surface area (TPSA) is 95.9 Å². The number of aromatic hydroxyl groups is 1. The molecule has 5 rings (SSSR count). The van der Waals surface area contributed by atoms with E-state index in [1.54, 1.807) is 17.0 Å². The molecule has 1 fully saturated rings. The maximum absolute atomic E-state index is 13.1. The molecule has 3 aromatic carbocycles. The van der Waals surface area contributed by atoms with Gasteiger partial charge in [-0.2, -0.15) is 4.37 Å². The number of hydrogen-bond donors (Lipinski definition) is 1. The van der Waals surface area contributed by atoms with Gasteiger partial charge >= 0.3 is 0 Å². The number of carbonyl (C=O) groups is 2. The summed E-state index contributed by atoms with van der Waals surface area (Å²) in [6.45, 7) is 5.83. The first-order chi connectivity index (χ1) is 18.9. The van der Waals surface area contributed by atoms with Crippen LogP contribution < -0.4 is 9.64 Å². The van der Waals surface area contributed by atoms with Crippen LogP contribution in [0.1, 0.15) is 51.0 Å². The van der Waals surface area contributed by atoms with Crippen molar-refractivity contribution in [3.05, 3.63) is 94.8 Å². The Hall–Kier alpha value is -4.24. The van der Waals surface area contributed by atoms with E-state index in [-0.39, 0.29) is 28.6 Å². The number of anilines is 1. The number of ether oxygens (including phenoxy) is 1. The number of rotatable bonds is 7. The Bertz CT molecular complexity index is 1470. The minimum Gasteiger partial charge on any atom is -0.506 e. The van der Waals surface area contributed by atoms with E-state index in [9.17, 15) is 14.7 Å². The summed E-state index contributed by atoms with van der Waals surface area (Å²) in [6.07, 6.45) is 1.38. The predicted octanol–water partition coefficient (Wildman–Crippen LogP) is 5.49. The Morgan fingerprint density at radius 1 is 0.923 bits per heavy atom. The number of nitrogens with zero attached hydrogens (tertiary/aromatic N) is 4. The van der Waals surface area contributed by atoms with Gasteiger partial charge in [0.05, 0.1) is 11.1 Å². The molecular formula is C30H30N4O4S. The van der Waals surface area contributed by atoms with Crippen LogP contribution in [0.15, 0.2) is 66.7 Å². The van der Waals surface area contributed by atoms with Crippen molar-refractivity contribution in [3.8, 4) is 17.2 Å². The van der Waals surface area contributed by atoms with E-state index in [0.29, 0.717) is 26.1 Å². The molecular weight excluding hydrogens is 512 g/mol. The lowest BCUT2D eigenvalue weighted by Crippen LogP contribution is -2.35. The van der Waals surface area contributed by atoms with E-state index >= 15 is 0 Å². The van der Waals surface area contributed by atoms with E-state index in [1.807, 2.05) is 55.5 Å². The first-order valence-corrected chi connectivity index (χ1v) is 13.7. The summed E-state index contributed by atoms with van der Waals surface area (Å²) in [6, 6.07) is 20.6. The van der Waals surface area contributed by atoms with E-state index < -0.39 is 0 Å². The number of para-hydroxylation sites is 1. The third-order valence-electron chi connectivity index (χ3n) is 6.70. The normalized spacial score (nSPS) is 13.7. The Balaban J connectivity index is 1.18. The molecule has 9 heteroatoms. The van der Waals surface area contributed by atoms with Crippen molar-refractivity contribution in [3.63, 3.8) is 0 Å². The summed E-state index contributed by atoms with van der Waals surface area (Å²) in [5.41, 5.74) is 2.60. The summed E-state index contributed by atoms with van der Waals surface area (Å²) >= 11 is 1.36. The second-order valence-electron chi connectivity index (χ2n) is 9.62. The number of ketones is 1. The van der Waals surface area contributed by atoms with Gasteiger partial charge in [0.25, 0.3) is 5.91 Å². The predicted molar refractivity (Wildman–Crippen MR) is 151 cm³/mol. The second kappa shape index (κ2) is 11.7. The van der Waals surface area contributed by atoms with Crippen LogP contribution in [-0.4, -0.2) is 57.2 Å². The highest BCUT2D eigenvalue weighted by molar-refractivity contribution is 7.09. The van der Waals surface area contributed by atoms with Crippen LogP contribution in [0.3, 0.4) is 0 Å². The standard InChI is InChI=1S/C30H30N4O4S/c1-20-7-11-23(12-8-20)38-24-13-9-22(10-14-24)19-27-31-30(39-32-27)34-16-4-15-33(17-18-34)29(37)26-6-3-5-25(21(2)35)28(26)36/h3,5-14,36H,4,15-19H2,1-2H3. The third kappa shape index (κ3) is 6.26. The summed E-state index contributed by atoms with van der Waals surface area (Å²) in [7, 11) is 0. The van der Waals surface area contributed by atoms with Crippen LogP contribution in [0.5, 0.6) is 17.2 Å². The zero-order chi connectivity index (χ0) is 27.4. The van der Waals surface area contributed by atoms with Crippen LogP contribution in [0.2, 0.25) is 0 Å². The smallest absolute Gasteiger partial charge is 0.257 e. The Labute approximate surface area is 231 Å². The first kappa shape index (κ1) is 26.4. The summed E-state index contributed by atoms with van der Waals surface area (Å²) in [4.78, 5) is 33.6. The lowest BCUT2D eigenvalue weighted by atomic mass is 10.0. The molecule has 1 amide bonds. The minimum absolute atomic E-state index is 0.157. The maximum atomic E-state index is 13.1. The number of carbonyl (C=O) groups excluding carboxylic acids is 2. The molecule has 0 saturated carbocycles. The molecule has 0 aliphatic carbocycles. The van der Waals surface area contributed by atoms with Gasteiger partial charge in [-0.3, -0.25) is 9.59 Å². The number of Topliss-reactive ketones (excluding diaryl/α,β-unsaturated/α-hetero) is 1. The molecule has 200 valence electrons. The monoisotopic (exact) mass is 542 g/mol. The van der Waals surface area contributed by atoms with Crippen molar-refractivity contribution < 1.29 is 19.4 Å². The molecule has 0 radical (unpaired) electrons. The molecule has 1 N–H and O–H groups in total. The molecule has 1 aromatic heterocycles. The van der Waals surface area contributed by atoms with Crippen molar-refractivity contribution in [2.24, 2.45) is 0 Å². The summed E-state index contributed by atoms with van der Waals surface area (Å²) < 4.78 is 10.5. The first-order valence-electron chi connectivity index (χ1n) is 12.9. The van der Waals surface area contributed by atoms with Crippen LogP contribution in [0, 0.1) is 6.92 Å². The SMILES string of the molecule is CC(=O)c1cccc(C(=O)N2CCCN(c3nc(Cc4ccc(Oc5ccc(C)cc5)cc4)ns3)CC2)c1O. The summed E-state index contributed by atoms with van der Waals surface area (Å²) in [5, 5.41) is 11.3. The molecule has 2 heterocycles. The third-order valence-corrected chi connectivity index (χ3v) is 7.51. The van der Waals surface area contributed by atoms with E-state index in [4.69, 9.17) is 9.72 Å². The number of phenolic OH excluding ortho intramolecular Hbond substituents is 1. The Morgan fingerprint density at radius 3 is 2.33 bits per heavy atom. The number of amides is 1. The van der Waals surface area contributed by atoms with Crippen LogP contribution in [0.4, 0.5) is 5.13 Å². The van der Waals surface area contributed by atoms with Crippen molar-refractivity contribution in [2.45, 2.75) is 26.7 Å². The minimum atomic E-state index is -0.275. The number of aryl methyl sites for hydroxylation is 1. The van der Waals surface area contributed by atoms with Crippen molar-refractivity contribution in [1.82, 2.24) is 14.3 Å². The molecule has 0 bridgehead atoms. The van der Waals surface area contributed by atoms with Crippen LogP contribution >= 0.6 is 11.5 Å². The van der Waals surface area contributed by atoms with Gasteiger partial charge in [0.1, 0.15) is 23.1 Å². The fourth-order valence-corrected chi connectivity index (χ4v) is 5.26. The molecule has 1 aliphatic rings. The van der Waals surface area contributed by atoms with Gasteiger partial charge in [0.2, 0.25) is 5.13 Å². The van der Waals surface area contributed by atoms with Crippen LogP contribution in [-0.2, 0) is 6.42 Å². The number of benzene rings is 3. The van der Waals surface area contributed by atoms with Gasteiger partial charge in [-0.05, 0) is 62.2 Å². The second-order valence-corrected chi connectivity index (χ2v) is 10.4. The molecule has 8 nitrogen and oxygen atoms in total. The van der Waals surface area contributed by atoms with E-state index in [0.717, 1.165) is 41.0 Å². The van der Waals surface area contributed by atoms with Gasteiger partial charge in [-0.1, -0.05) is 35.9 Å². The van der Waals surface area contributed by atoms with E-state index in [1.165, 1.54) is 30.1 Å². The largest absolute Gasteiger partial charge is 0.506 e. The lowest BCUT2D eigenvalue weighted by molar-refractivity contribution is 0.0764. The average molecular weight is 543 g/mol. The van der Waals surface area contributed by atoms with Gasteiger partial charge in [0.15, 0.2) is 5.78 Å². The van der Waals surface area contributed by atoms with Gasteiger partial charge in [-0.15, -0.1) is 0 Å². The number of phenols is 1. The molecule has 4 aromatic rings. The zero-order valence-corrected chi connectivity index (χ0v) is 22.8. The fraction of sp³-hybridized carbons (Fsp3) is 0.267. The molecule has 1 aliphatic heterocycles. The maximum Gasteiger partial charge on any atom is 0.257 e. The zero-order valence-electron chi connectivity index (χ0n) is 22.0. The van der Waals surface area contributed by atoms with Gasteiger partial charge in [-0.25, -0.2) is 4.98 Å². The molecule has 1 saturated heterocycles. The van der Waals surface area contributed by atoms with Gasteiger partial charge in [0, 0.05) is 44.1 Å².